The predicted octanol–water partition coefficient (Wildman–Crippen LogP) is 2.08. The highest BCUT2D eigenvalue weighted by Crippen LogP contribution is 2.28. The van der Waals surface area contributed by atoms with Gasteiger partial charge < -0.3 is 5.32 Å². The van der Waals surface area contributed by atoms with Crippen LogP contribution in [0.2, 0.25) is 0 Å². The minimum Gasteiger partial charge on any atom is -0.305 e. The third-order valence-electron chi connectivity index (χ3n) is 4.68. The van der Waals surface area contributed by atoms with Gasteiger partial charge in [0.15, 0.2) is 0 Å². The topological polar surface area (TPSA) is 49.4 Å². The van der Waals surface area contributed by atoms with Crippen LogP contribution in [0.25, 0.3) is 0 Å². The number of hydrogen-bond donors (Lipinski definition) is 1. The number of carbonyl (C=O) groups excluding carboxylic acids is 2. The summed E-state index contributed by atoms with van der Waals surface area (Å²) in [5.74, 6) is 0.644. The Balaban J connectivity index is 1.90. The van der Waals surface area contributed by atoms with Gasteiger partial charge in [0.2, 0.25) is 11.8 Å². The van der Waals surface area contributed by atoms with Gasteiger partial charge in [-0.3, -0.25) is 14.5 Å². The first-order valence-corrected chi connectivity index (χ1v) is 7.76. The van der Waals surface area contributed by atoms with Gasteiger partial charge in [0.1, 0.15) is 0 Å². The van der Waals surface area contributed by atoms with Crippen molar-refractivity contribution in [2.75, 3.05) is 6.54 Å². The Bertz CT molecular complexity index is 333. The van der Waals surface area contributed by atoms with Crippen LogP contribution in [0.1, 0.15) is 58.8 Å². The van der Waals surface area contributed by atoms with Gasteiger partial charge in [-0.25, -0.2) is 0 Å². The van der Waals surface area contributed by atoms with Crippen molar-refractivity contribution in [3.63, 3.8) is 0 Å². The normalized spacial score (nSPS) is 25.0. The summed E-state index contributed by atoms with van der Waals surface area (Å²) in [6.45, 7) is 5.18. The van der Waals surface area contributed by atoms with E-state index in [-0.39, 0.29) is 23.9 Å². The summed E-state index contributed by atoms with van der Waals surface area (Å²) in [6.07, 6.45) is 6.87. The number of nitrogens with zero attached hydrogens (tertiary/aromatic N) is 1. The Morgan fingerprint density at radius 3 is 2.42 bits per heavy atom. The highest BCUT2D eigenvalue weighted by atomic mass is 16.2. The third kappa shape index (κ3) is 3.16. The summed E-state index contributed by atoms with van der Waals surface area (Å²) in [5.41, 5.74) is 0. The van der Waals surface area contributed by atoms with Gasteiger partial charge in [-0.2, -0.15) is 0 Å². The Hall–Kier alpha value is -0.900. The summed E-state index contributed by atoms with van der Waals surface area (Å²) >= 11 is 0. The van der Waals surface area contributed by atoms with Crippen LogP contribution in [0, 0.1) is 5.92 Å². The zero-order valence-corrected chi connectivity index (χ0v) is 12.2. The maximum atomic E-state index is 12.3. The number of hydrogen-bond acceptors (Lipinski definition) is 3. The molecule has 0 aromatic rings. The van der Waals surface area contributed by atoms with Crippen molar-refractivity contribution < 1.29 is 9.59 Å². The van der Waals surface area contributed by atoms with E-state index >= 15 is 0 Å². The molecule has 0 spiro atoms. The molecule has 1 aliphatic heterocycles. The van der Waals surface area contributed by atoms with Gasteiger partial charge in [0.05, 0.1) is 12.5 Å². The summed E-state index contributed by atoms with van der Waals surface area (Å²) in [5, 5.41) is 3.31. The standard InChI is InChI=1S/C15H26N2O2/c1-3-11(4-2)10-16-13-9-14(18)17(15(13)19)12-7-5-6-8-12/h11-13,16H,3-10H2,1-2H3. The van der Waals surface area contributed by atoms with E-state index in [0.29, 0.717) is 12.3 Å². The quantitative estimate of drug-likeness (QED) is 0.749. The molecule has 0 aromatic carbocycles. The van der Waals surface area contributed by atoms with Gasteiger partial charge in [-0.1, -0.05) is 39.5 Å². The molecule has 1 unspecified atom stereocenters. The second kappa shape index (κ2) is 6.51. The molecule has 2 amide bonds. The molecule has 1 heterocycles. The smallest absolute Gasteiger partial charge is 0.247 e. The molecule has 1 N–H and O–H groups in total. The van der Waals surface area contributed by atoms with Crippen LogP contribution in [0.5, 0.6) is 0 Å². The van der Waals surface area contributed by atoms with Crippen molar-refractivity contribution in [3.8, 4) is 0 Å². The van der Waals surface area contributed by atoms with Crippen LogP contribution in [-0.2, 0) is 9.59 Å². The molecular weight excluding hydrogens is 240 g/mol. The van der Waals surface area contributed by atoms with Crippen molar-refractivity contribution in [2.45, 2.75) is 70.9 Å². The molecule has 1 saturated carbocycles. The molecule has 1 aliphatic carbocycles. The lowest BCUT2D eigenvalue weighted by atomic mass is 10.0. The first-order valence-electron chi connectivity index (χ1n) is 7.76. The second-order valence-corrected chi connectivity index (χ2v) is 5.89. The molecule has 2 rings (SSSR count). The van der Waals surface area contributed by atoms with Gasteiger partial charge in [-0.05, 0) is 25.3 Å². The summed E-state index contributed by atoms with van der Waals surface area (Å²) < 4.78 is 0. The van der Waals surface area contributed by atoms with Gasteiger partial charge in [0.25, 0.3) is 0 Å². The number of imide groups is 1. The molecule has 0 radical (unpaired) electrons. The van der Waals surface area contributed by atoms with E-state index < -0.39 is 0 Å². The fourth-order valence-electron chi connectivity index (χ4n) is 3.24. The molecule has 0 bridgehead atoms. The summed E-state index contributed by atoms with van der Waals surface area (Å²) in [4.78, 5) is 25.9. The van der Waals surface area contributed by atoms with E-state index in [1.165, 1.54) is 0 Å². The average molecular weight is 266 g/mol. The van der Waals surface area contributed by atoms with Gasteiger partial charge in [-0.15, -0.1) is 0 Å². The summed E-state index contributed by atoms with van der Waals surface area (Å²) in [7, 11) is 0. The fraction of sp³-hybridized carbons (Fsp3) is 0.867. The lowest BCUT2D eigenvalue weighted by Gasteiger charge is -2.22. The van der Waals surface area contributed by atoms with Crippen molar-refractivity contribution in [1.82, 2.24) is 10.2 Å². The van der Waals surface area contributed by atoms with Crippen LogP contribution in [0.3, 0.4) is 0 Å². The molecule has 1 atom stereocenters. The molecule has 108 valence electrons. The highest BCUT2D eigenvalue weighted by molar-refractivity contribution is 6.05. The number of carbonyl (C=O) groups is 2. The predicted molar refractivity (Wildman–Crippen MR) is 74.6 cm³/mol. The van der Waals surface area contributed by atoms with Crippen LogP contribution in [0.4, 0.5) is 0 Å². The van der Waals surface area contributed by atoms with Crippen molar-refractivity contribution >= 4 is 11.8 Å². The van der Waals surface area contributed by atoms with Crippen molar-refractivity contribution in [3.05, 3.63) is 0 Å². The van der Waals surface area contributed by atoms with Gasteiger partial charge in [0, 0.05) is 6.04 Å². The van der Waals surface area contributed by atoms with Crippen LogP contribution in [-0.4, -0.2) is 35.3 Å². The van der Waals surface area contributed by atoms with E-state index in [0.717, 1.165) is 45.1 Å². The first-order chi connectivity index (χ1) is 9.17. The Morgan fingerprint density at radius 1 is 1.21 bits per heavy atom. The maximum absolute atomic E-state index is 12.3. The number of amides is 2. The zero-order chi connectivity index (χ0) is 13.8. The van der Waals surface area contributed by atoms with E-state index in [1.807, 2.05) is 0 Å². The number of nitrogens with one attached hydrogen (secondary N) is 1. The largest absolute Gasteiger partial charge is 0.305 e. The fourth-order valence-corrected chi connectivity index (χ4v) is 3.24. The lowest BCUT2D eigenvalue weighted by Crippen LogP contribution is -2.44. The third-order valence-corrected chi connectivity index (χ3v) is 4.68. The SMILES string of the molecule is CCC(CC)CNC1CC(=O)N(C2CCCC2)C1=O. The monoisotopic (exact) mass is 266 g/mol. The second-order valence-electron chi connectivity index (χ2n) is 5.89. The number of likely N-dealkylation sites (tertiary alicyclic amines) is 1. The molecular formula is C15H26N2O2. The Labute approximate surface area is 115 Å². The van der Waals surface area contributed by atoms with Crippen molar-refractivity contribution in [2.24, 2.45) is 5.92 Å². The van der Waals surface area contributed by atoms with E-state index in [2.05, 4.69) is 19.2 Å². The average Bonchev–Trinajstić information content (AvgIpc) is 3.00. The minimum atomic E-state index is -0.270. The van der Waals surface area contributed by atoms with Crippen molar-refractivity contribution in [1.29, 1.82) is 0 Å². The van der Waals surface area contributed by atoms with E-state index in [4.69, 9.17) is 0 Å². The zero-order valence-electron chi connectivity index (χ0n) is 12.2. The lowest BCUT2D eigenvalue weighted by molar-refractivity contribution is -0.141. The Kier molecular flexibility index (Phi) is 4.97. The molecule has 4 nitrogen and oxygen atoms in total. The molecule has 0 aromatic heterocycles. The van der Waals surface area contributed by atoms with Gasteiger partial charge >= 0.3 is 0 Å². The van der Waals surface area contributed by atoms with Crippen LogP contribution in [0.15, 0.2) is 0 Å². The van der Waals surface area contributed by atoms with E-state index in [9.17, 15) is 9.59 Å². The molecule has 2 aliphatic rings. The summed E-state index contributed by atoms with van der Waals surface area (Å²) in [6, 6.07) is -0.0892. The molecule has 2 fully saturated rings. The van der Waals surface area contributed by atoms with Crippen LogP contribution >= 0.6 is 0 Å². The molecule has 1 saturated heterocycles. The van der Waals surface area contributed by atoms with Crippen LogP contribution < -0.4 is 5.32 Å². The number of rotatable bonds is 6. The minimum absolute atomic E-state index is 0.0165. The molecule has 4 heteroatoms. The van der Waals surface area contributed by atoms with E-state index in [1.54, 1.807) is 4.90 Å². The molecule has 19 heavy (non-hydrogen) atoms. The highest BCUT2D eigenvalue weighted by Gasteiger charge is 2.42. The Morgan fingerprint density at radius 2 is 1.84 bits per heavy atom. The first kappa shape index (κ1) is 14.5. The maximum Gasteiger partial charge on any atom is 0.247 e.